The summed E-state index contributed by atoms with van der Waals surface area (Å²) >= 11 is 0. The minimum absolute atomic E-state index is 0.156. The smallest absolute Gasteiger partial charge is 0.315 e. The molecule has 5 fully saturated rings. The van der Waals surface area contributed by atoms with Crippen molar-refractivity contribution in [2.24, 2.45) is 34.3 Å². The van der Waals surface area contributed by atoms with Crippen molar-refractivity contribution in [3.05, 3.63) is 0 Å². The number of hydrogen-bond donors (Lipinski definition) is 4. The highest BCUT2D eigenvalue weighted by Crippen LogP contribution is 2.57. The lowest BCUT2D eigenvalue weighted by Gasteiger charge is -2.63. The molecule has 12 nitrogen and oxygen atoms in total. The highest BCUT2D eigenvalue weighted by Gasteiger charge is 2.61. The summed E-state index contributed by atoms with van der Waals surface area (Å²) in [4.78, 5) is 68.1. The van der Waals surface area contributed by atoms with Gasteiger partial charge in [-0.05, 0) is 54.3 Å². The van der Waals surface area contributed by atoms with Crippen LogP contribution in [-0.2, 0) is 29.0 Å². The minimum Gasteiger partial charge on any atom is -0.363 e. The number of amides is 5. The average molecular weight is 652 g/mol. The van der Waals surface area contributed by atoms with Crippen LogP contribution in [0.4, 0.5) is 4.79 Å². The Kier molecular flexibility index (Phi) is 10.0. The number of rotatable bonds is 11. The van der Waals surface area contributed by atoms with Crippen LogP contribution in [0.3, 0.4) is 0 Å². The summed E-state index contributed by atoms with van der Waals surface area (Å²) in [6.07, 6.45) is 8.69. The molecule has 2 unspecified atom stereocenters. The van der Waals surface area contributed by atoms with Gasteiger partial charge in [0.05, 0.1) is 17.3 Å². The van der Waals surface area contributed by atoms with Crippen molar-refractivity contribution < 1.29 is 32.4 Å². The molecular formula is C32H53N5O7S. The van der Waals surface area contributed by atoms with Crippen molar-refractivity contribution in [2.45, 2.75) is 122 Å². The van der Waals surface area contributed by atoms with Crippen LogP contribution in [0.25, 0.3) is 0 Å². The molecule has 0 spiro atoms. The van der Waals surface area contributed by atoms with Crippen molar-refractivity contribution in [1.29, 1.82) is 0 Å². The van der Waals surface area contributed by atoms with Gasteiger partial charge >= 0.3 is 6.03 Å². The van der Waals surface area contributed by atoms with E-state index in [1.54, 1.807) is 0 Å². The fourth-order valence-electron chi connectivity index (χ4n) is 8.00. The second-order valence-corrected chi connectivity index (χ2v) is 18.1. The summed E-state index contributed by atoms with van der Waals surface area (Å²) in [6, 6.07) is -3.59. The maximum absolute atomic E-state index is 14.4. The van der Waals surface area contributed by atoms with Crippen LogP contribution >= 0.6 is 0 Å². The Bertz CT molecular complexity index is 1300. The third kappa shape index (κ3) is 7.82. The van der Waals surface area contributed by atoms with Crippen molar-refractivity contribution in [1.82, 2.24) is 20.9 Å². The SMILES string of the molecule is CC(C)(C)[C@H](NC(=O)NC1(CS(C)(=O)=O)CCCCC1)C(=O)N1C[C@@H]2C[C@H](C1C(=O)NC(CC1CCC1)C(=O)C(N)=O)C2(C)C. The zero-order chi connectivity index (χ0) is 33.5. The number of piperidine rings is 2. The lowest BCUT2D eigenvalue weighted by molar-refractivity contribution is -0.179. The Balaban J connectivity index is 1.57. The van der Waals surface area contributed by atoms with Crippen molar-refractivity contribution in [3.63, 3.8) is 0 Å². The van der Waals surface area contributed by atoms with E-state index in [0.717, 1.165) is 51.2 Å². The lowest BCUT2D eigenvalue weighted by Crippen LogP contribution is -2.73. The molecule has 5 aliphatic rings. The van der Waals surface area contributed by atoms with Gasteiger partial charge in [0, 0.05) is 12.8 Å². The van der Waals surface area contributed by atoms with Gasteiger partial charge in [-0.25, -0.2) is 13.2 Å². The topological polar surface area (TPSA) is 185 Å². The summed E-state index contributed by atoms with van der Waals surface area (Å²) in [5.74, 6) is -2.84. The lowest BCUT2D eigenvalue weighted by atomic mass is 9.49. The first-order valence-electron chi connectivity index (χ1n) is 16.4. The van der Waals surface area contributed by atoms with Crippen LogP contribution in [-0.4, -0.2) is 85.1 Å². The number of hydrogen-bond acceptors (Lipinski definition) is 7. The van der Waals surface area contributed by atoms with Crippen LogP contribution < -0.4 is 21.7 Å². The number of sulfone groups is 1. The molecule has 5 amide bonds. The molecule has 0 radical (unpaired) electrons. The third-order valence-electron chi connectivity index (χ3n) is 11.0. The molecule has 3 saturated carbocycles. The van der Waals surface area contributed by atoms with Gasteiger partial charge < -0.3 is 26.6 Å². The summed E-state index contributed by atoms with van der Waals surface area (Å²) in [5, 5.41) is 8.59. The maximum atomic E-state index is 14.4. The fraction of sp³-hybridized carbons (Fsp3) is 0.844. The molecule has 2 aliphatic heterocycles. The zero-order valence-electron chi connectivity index (χ0n) is 27.7. The predicted octanol–water partition coefficient (Wildman–Crippen LogP) is 2.05. The van der Waals surface area contributed by atoms with E-state index in [-0.39, 0.29) is 28.9 Å². The Labute approximate surface area is 267 Å². The van der Waals surface area contributed by atoms with E-state index < -0.39 is 68.5 Å². The molecule has 0 aromatic rings. The number of carbonyl (C=O) groups excluding carboxylic acids is 5. The number of nitrogens with one attached hydrogen (secondary N) is 3. The van der Waals surface area contributed by atoms with Gasteiger partial charge in [0.25, 0.3) is 5.91 Å². The van der Waals surface area contributed by atoms with Gasteiger partial charge in [0.2, 0.25) is 17.6 Å². The number of fused-ring (bicyclic) bond motifs is 2. The van der Waals surface area contributed by atoms with Gasteiger partial charge in [-0.15, -0.1) is 0 Å². The van der Waals surface area contributed by atoms with Gasteiger partial charge in [-0.1, -0.05) is 73.1 Å². The van der Waals surface area contributed by atoms with Crippen LogP contribution in [0.5, 0.6) is 0 Å². The van der Waals surface area contributed by atoms with E-state index in [0.29, 0.717) is 25.8 Å². The fourth-order valence-corrected chi connectivity index (χ4v) is 9.37. The molecule has 13 heteroatoms. The second kappa shape index (κ2) is 12.8. The van der Waals surface area contributed by atoms with E-state index in [1.165, 1.54) is 4.90 Å². The number of primary amides is 1. The maximum Gasteiger partial charge on any atom is 0.315 e. The molecule has 2 saturated heterocycles. The highest BCUT2D eigenvalue weighted by molar-refractivity contribution is 7.90. The minimum atomic E-state index is -3.39. The molecular weight excluding hydrogens is 598 g/mol. The van der Waals surface area contributed by atoms with Crippen molar-refractivity contribution >= 4 is 39.4 Å². The zero-order valence-corrected chi connectivity index (χ0v) is 28.6. The third-order valence-corrected chi connectivity index (χ3v) is 12.1. The molecule has 2 bridgehead atoms. The first kappa shape index (κ1) is 35.2. The monoisotopic (exact) mass is 651 g/mol. The van der Waals surface area contributed by atoms with Crippen molar-refractivity contribution in [3.8, 4) is 0 Å². The molecule has 2 heterocycles. The van der Waals surface area contributed by atoms with E-state index in [9.17, 15) is 32.4 Å². The quantitative estimate of drug-likeness (QED) is 0.246. The van der Waals surface area contributed by atoms with Gasteiger partial charge in [0.1, 0.15) is 21.9 Å². The number of urea groups is 1. The van der Waals surface area contributed by atoms with Crippen LogP contribution in [0.2, 0.25) is 0 Å². The number of nitrogens with zero attached hydrogens (tertiary/aromatic N) is 1. The number of ketones is 1. The summed E-state index contributed by atoms with van der Waals surface area (Å²) < 4.78 is 24.6. The van der Waals surface area contributed by atoms with E-state index >= 15 is 0 Å². The molecule has 0 aromatic heterocycles. The predicted molar refractivity (Wildman–Crippen MR) is 169 cm³/mol. The number of carbonyl (C=O) groups is 5. The largest absolute Gasteiger partial charge is 0.363 e. The number of nitrogens with two attached hydrogens (primary N) is 1. The van der Waals surface area contributed by atoms with E-state index in [2.05, 4.69) is 29.8 Å². The molecule has 45 heavy (non-hydrogen) atoms. The average Bonchev–Trinajstić information content (AvgIpc) is 2.90. The van der Waals surface area contributed by atoms with Gasteiger partial charge in [-0.2, -0.15) is 0 Å². The van der Waals surface area contributed by atoms with Crippen LogP contribution in [0.1, 0.15) is 98.8 Å². The number of Topliss-reactive ketones (excluding diaryl/α,β-unsaturated/α-hetero) is 1. The van der Waals surface area contributed by atoms with E-state index in [1.807, 2.05) is 20.8 Å². The van der Waals surface area contributed by atoms with Gasteiger partial charge in [0.15, 0.2) is 0 Å². The summed E-state index contributed by atoms with van der Waals surface area (Å²) in [5.41, 5.74) is 3.45. The molecule has 0 aromatic carbocycles. The molecule has 5 rings (SSSR count). The Morgan fingerprint density at radius 3 is 2.09 bits per heavy atom. The summed E-state index contributed by atoms with van der Waals surface area (Å²) in [7, 11) is -3.39. The Hall–Kier alpha value is -2.70. The first-order valence-corrected chi connectivity index (χ1v) is 18.5. The molecule has 3 aliphatic carbocycles. The Morgan fingerprint density at radius 1 is 0.978 bits per heavy atom. The highest BCUT2D eigenvalue weighted by atomic mass is 32.2. The molecule has 5 atom stereocenters. The summed E-state index contributed by atoms with van der Waals surface area (Å²) in [6.45, 7) is 9.94. The van der Waals surface area contributed by atoms with Crippen LogP contribution in [0.15, 0.2) is 0 Å². The Morgan fingerprint density at radius 2 is 1.60 bits per heavy atom. The normalized spacial score (nSPS) is 27.2. The van der Waals surface area contributed by atoms with E-state index in [4.69, 9.17) is 5.73 Å². The van der Waals surface area contributed by atoms with Crippen molar-refractivity contribution in [2.75, 3.05) is 18.6 Å². The van der Waals surface area contributed by atoms with Gasteiger partial charge in [-0.3, -0.25) is 19.2 Å². The standard InChI is InChI=1S/C32H53N5O7S/c1-30(2,3)25(35-29(42)36-32(18-45(6,43)44)13-8-7-9-14-32)28(41)37-17-20-16-21(31(20,4)5)23(37)27(40)34-22(24(38)26(33)39)15-19-11-10-12-19/h19-23,25H,7-18H2,1-6H3,(H2,33,39)(H,34,40)(H2,35,36,42)/t20-,21+,22?,23?,25+/m0/s1. The second-order valence-electron chi connectivity index (χ2n) is 15.9. The molecule has 254 valence electrons. The van der Waals surface area contributed by atoms with Crippen LogP contribution in [0, 0.1) is 28.6 Å². The first-order chi connectivity index (χ1) is 20.7. The molecule has 5 N–H and O–H groups in total.